The molecule has 1 aliphatic heterocycles. The molecule has 1 fully saturated rings. The number of rotatable bonds is 10. The van der Waals surface area contributed by atoms with E-state index in [-0.39, 0.29) is 18.4 Å². The van der Waals surface area contributed by atoms with Gasteiger partial charge in [0.2, 0.25) is 5.91 Å². The van der Waals surface area contributed by atoms with Gasteiger partial charge in [-0.05, 0) is 49.1 Å². The third kappa shape index (κ3) is 6.24. The molecule has 0 saturated carbocycles. The number of para-hydroxylation sites is 1. The molecular weight excluding hydrogens is 380 g/mol. The van der Waals surface area contributed by atoms with Gasteiger partial charge in [0, 0.05) is 30.8 Å². The number of carbonyl (C=O) groups excluding carboxylic acids is 2. The van der Waals surface area contributed by atoms with Crippen molar-refractivity contribution in [2.45, 2.75) is 39.7 Å². The molecule has 6 heteroatoms. The van der Waals surface area contributed by atoms with Gasteiger partial charge in [0.15, 0.2) is 6.61 Å². The lowest BCUT2D eigenvalue weighted by Crippen LogP contribution is -2.28. The number of carbonyl (C=O) groups is 2. The lowest BCUT2D eigenvalue weighted by Gasteiger charge is -2.16. The molecule has 0 atom stereocenters. The number of ether oxygens (including phenoxy) is 2. The average molecular weight is 411 g/mol. The van der Waals surface area contributed by atoms with Crippen molar-refractivity contribution < 1.29 is 19.1 Å². The van der Waals surface area contributed by atoms with E-state index in [1.807, 2.05) is 36.4 Å². The number of anilines is 1. The van der Waals surface area contributed by atoms with Crippen LogP contribution in [0.5, 0.6) is 11.5 Å². The van der Waals surface area contributed by atoms with Crippen LogP contribution in [-0.2, 0) is 16.1 Å². The molecule has 1 N–H and O–H groups in total. The van der Waals surface area contributed by atoms with Crippen molar-refractivity contribution in [1.82, 2.24) is 5.32 Å². The number of benzene rings is 2. The summed E-state index contributed by atoms with van der Waals surface area (Å²) in [6.45, 7) is 6.05. The number of amides is 2. The van der Waals surface area contributed by atoms with Crippen LogP contribution in [0.25, 0.3) is 0 Å². The largest absolute Gasteiger partial charge is 0.493 e. The third-order valence-corrected chi connectivity index (χ3v) is 4.99. The fourth-order valence-corrected chi connectivity index (χ4v) is 3.23. The molecule has 6 nitrogen and oxygen atoms in total. The SMILES string of the molecule is CC(C)CCOc1ccccc1CNC(=O)COc1ccc(N2CCCC2=O)cc1. The van der Waals surface area contributed by atoms with Crippen LogP contribution in [0.3, 0.4) is 0 Å². The zero-order chi connectivity index (χ0) is 21.3. The van der Waals surface area contributed by atoms with Crippen molar-refractivity contribution in [1.29, 1.82) is 0 Å². The summed E-state index contributed by atoms with van der Waals surface area (Å²) in [7, 11) is 0. The van der Waals surface area contributed by atoms with Crippen molar-refractivity contribution in [3.05, 3.63) is 54.1 Å². The van der Waals surface area contributed by atoms with Gasteiger partial charge >= 0.3 is 0 Å². The van der Waals surface area contributed by atoms with Crippen LogP contribution in [0.15, 0.2) is 48.5 Å². The van der Waals surface area contributed by atoms with E-state index in [9.17, 15) is 9.59 Å². The number of nitrogens with zero attached hydrogens (tertiary/aromatic N) is 1. The summed E-state index contributed by atoms with van der Waals surface area (Å²) >= 11 is 0. The molecular formula is C24H30N2O4. The summed E-state index contributed by atoms with van der Waals surface area (Å²) in [5, 5.41) is 2.87. The molecule has 0 aliphatic carbocycles. The van der Waals surface area contributed by atoms with Crippen molar-refractivity contribution in [2.24, 2.45) is 5.92 Å². The summed E-state index contributed by atoms with van der Waals surface area (Å²) < 4.78 is 11.4. The molecule has 160 valence electrons. The fraction of sp³-hybridized carbons (Fsp3) is 0.417. The van der Waals surface area contributed by atoms with Gasteiger partial charge in [-0.3, -0.25) is 9.59 Å². The Morgan fingerprint density at radius 3 is 2.57 bits per heavy atom. The van der Waals surface area contributed by atoms with Gasteiger partial charge in [0.25, 0.3) is 5.91 Å². The molecule has 1 heterocycles. The summed E-state index contributed by atoms with van der Waals surface area (Å²) in [6, 6.07) is 15.0. The Balaban J connectivity index is 1.44. The minimum Gasteiger partial charge on any atom is -0.493 e. The van der Waals surface area contributed by atoms with Crippen LogP contribution in [-0.4, -0.2) is 31.6 Å². The number of hydrogen-bond donors (Lipinski definition) is 1. The van der Waals surface area contributed by atoms with Crippen LogP contribution < -0.4 is 19.7 Å². The highest BCUT2D eigenvalue weighted by molar-refractivity contribution is 5.95. The van der Waals surface area contributed by atoms with E-state index in [0.29, 0.717) is 31.2 Å². The summed E-state index contributed by atoms with van der Waals surface area (Å²) in [4.78, 5) is 25.8. The smallest absolute Gasteiger partial charge is 0.258 e. The summed E-state index contributed by atoms with van der Waals surface area (Å²) in [6.07, 6.45) is 2.48. The first kappa shape index (κ1) is 21.7. The first-order valence-electron chi connectivity index (χ1n) is 10.5. The lowest BCUT2D eigenvalue weighted by molar-refractivity contribution is -0.123. The average Bonchev–Trinajstić information content (AvgIpc) is 3.17. The normalized spacial score (nSPS) is 13.6. The first-order chi connectivity index (χ1) is 14.5. The highest BCUT2D eigenvalue weighted by Crippen LogP contribution is 2.24. The second-order valence-corrected chi connectivity index (χ2v) is 7.85. The number of hydrogen-bond acceptors (Lipinski definition) is 4. The Kier molecular flexibility index (Phi) is 7.71. The van der Waals surface area contributed by atoms with Crippen molar-refractivity contribution >= 4 is 17.5 Å². The third-order valence-electron chi connectivity index (χ3n) is 4.99. The molecule has 1 saturated heterocycles. The van der Waals surface area contributed by atoms with Crippen LogP contribution in [0.2, 0.25) is 0 Å². The molecule has 0 bridgehead atoms. The summed E-state index contributed by atoms with van der Waals surface area (Å²) in [5.41, 5.74) is 1.80. The molecule has 30 heavy (non-hydrogen) atoms. The molecule has 0 radical (unpaired) electrons. The van der Waals surface area contributed by atoms with Crippen LogP contribution in [0.4, 0.5) is 5.69 Å². The molecule has 0 aromatic heterocycles. The lowest BCUT2D eigenvalue weighted by atomic mass is 10.1. The van der Waals surface area contributed by atoms with Gasteiger partial charge < -0.3 is 19.7 Å². The zero-order valence-corrected chi connectivity index (χ0v) is 17.7. The maximum absolute atomic E-state index is 12.2. The highest BCUT2D eigenvalue weighted by atomic mass is 16.5. The van der Waals surface area contributed by atoms with E-state index in [2.05, 4.69) is 19.2 Å². The molecule has 0 unspecified atom stereocenters. The van der Waals surface area contributed by atoms with Gasteiger partial charge in [0.05, 0.1) is 6.61 Å². The minimum atomic E-state index is -0.203. The maximum atomic E-state index is 12.2. The quantitative estimate of drug-likeness (QED) is 0.644. The van der Waals surface area contributed by atoms with E-state index in [0.717, 1.165) is 36.4 Å². The van der Waals surface area contributed by atoms with Gasteiger partial charge in [-0.2, -0.15) is 0 Å². The monoisotopic (exact) mass is 410 g/mol. The fourth-order valence-electron chi connectivity index (χ4n) is 3.23. The van der Waals surface area contributed by atoms with E-state index >= 15 is 0 Å². The van der Waals surface area contributed by atoms with Crippen molar-refractivity contribution in [2.75, 3.05) is 24.7 Å². The summed E-state index contributed by atoms with van der Waals surface area (Å²) in [5.74, 6) is 1.92. The van der Waals surface area contributed by atoms with Crippen molar-refractivity contribution in [3.8, 4) is 11.5 Å². The standard InChI is InChI=1S/C24H30N2O4/c1-18(2)13-15-29-22-7-4-3-6-19(22)16-25-23(27)17-30-21-11-9-20(10-12-21)26-14-5-8-24(26)28/h3-4,6-7,9-12,18H,5,8,13-17H2,1-2H3,(H,25,27). The van der Waals surface area contributed by atoms with E-state index in [4.69, 9.17) is 9.47 Å². The zero-order valence-electron chi connectivity index (χ0n) is 17.7. The predicted molar refractivity (Wildman–Crippen MR) is 117 cm³/mol. The Morgan fingerprint density at radius 2 is 1.87 bits per heavy atom. The Labute approximate surface area is 178 Å². The van der Waals surface area contributed by atoms with E-state index in [1.165, 1.54) is 0 Å². The highest BCUT2D eigenvalue weighted by Gasteiger charge is 2.21. The van der Waals surface area contributed by atoms with E-state index in [1.54, 1.807) is 17.0 Å². The maximum Gasteiger partial charge on any atom is 0.258 e. The van der Waals surface area contributed by atoms with Crippen molar-refractivity contribution in [3.63, 3.8) is 0 Å². The predicted octanol–water partition coefficient (Wildman–Crippen LogP) is 3.93. The topological polar surface area (TPSA) is 67.9 Å². The van der Waals surface area contributed by atoms with Gasteiger partial charge in [-0.15, -0.1) is 0 Å². The van der Waals surface area contributed by atoms with Gasteiger partial charge in [0.1, 0.15) is 11.5 Å². The molecule has 2 amide bonds. The van der Waals surface area contributed by atoms with Crippen LogP contribution >= 0.6 is 0 Å². The number of nitrogens with one attached hydrogen (secondary N) is 1. The molecule has 1 aliphatic rings. The second-order valence-electron chi connectivity index (χ2n) is 7.85. The molecule has 0 spiro atoms. The van der Waals surface area contributed by atoms with Gasteiger partial charge in [-0.25, -0.2) is 0 Å². The minimum absolute atomic E-state index is 0.0711. The molecule has 3 rings (SSSR count). The second kappa shape index (κ2) is 10.7. The van der Waals surface area contributed by atoms with Gasteiger partial charge in [-0.1, -0.05) is 32.0 Å². The Hall–Kier alpha value is -3.02. The van der Waals surface area contributed by atoms with Crippen LogP contribution in [0, 0.1) is 5.92 Å². The Morgan fingerprint density at radius 1 is 1.10 bits per heavy atom. The Bertz CT molecular complexity index is 849. The first-order valence-corrected chi connectivity index (χ1v) is 10.5. The molecule has 2 aromatic rings. The molecule has 2 aromatic carbocycles. The van der Waals surface area contributed by atoms with Crippen LogP contribution in [0.1, 0.15) is 38.7 Å². The van der Waals surface area contributed by atoms with E-state index < -0.39 is 0 Å².